The highest BCUT2D eigenvalue weighted by atomic mass is 16.5. The molecule has 1 aliphatic heterocycles. The average molecular weight is 244 g/mol. The molecular weight excluding hydrogens is 218 g/mol. The van der Waals surface area contributed by atoms with Crippen molar-refractivity contribution in [2.24, 2.45) is 0 Å². The third-order valence-corrected chi connectivity index (χ3v) is 3.52. The number of rotatable bonds is 4. The largest absolute Gasteiger partial charge is 0.379 e. The first-order valence-corrected chi connectivity index (χ1v) is 6.31. The van der Waals surface area contributed by atoms with E-state index in [2.05, 4.69) is 0 Å². The molecule has 1 heterocycles. The van der Waals surface area contributed by atoms with E-state index in [-0.39, 0.29) is 23.3 Å². The van der Waals surface area contributed by atoms with Crippen LogP contribution in [-0.4, -0.2) is 42.1 Å². The molecule has 0 aromatic carbocycles. The summed E-state index contributed by atoms with van der Waals surface area (Å²) >= 11 is 0. The second kappa shape index (κ2) is 5.22. The number of hydroxylamine groups is 2. The van der Waals surface area contributed by atoms with Crippen molar-refractivity contribution < 1.29 is 14.7 Å². The summed E-state index contributed by atoms with van der Waals surface area (Å²) in [4.78, 5) is 0. The Bertz CT molecular complexity index is 235. The lowest BCUT2D eigenvalue weighted by Crippen LogP contribution is -2.60. The molecule has 1 saturated heterocycles. The number of methoxy groups -OCH3 is 1. The van der Waals surface area contributed by atoms with Crippen LogP contribution in [-0.2, 0) is 14.7 Å². The Morgan fingerprint density at radius 3 is 2.12 bits per heavy atom. The maximum Gasteiger partial charge on any atom is 0.0776 e. The zero-order valence-electron chi connectivity index (χ0n) is 11.9. The lowest BCUT2D eigenvalue weighted by molar-refractivity contribution is -0.301. The monoisotopic (exact) mass is 244 g/mol. The van der Waals surface area contributed by atoms with Crippen molar-refractivity contribution in [2.75, 3.05) is 13.7 Å². The lowest BCUT2D eigenvalue weighted by Gasteiger charge is -2.49. The third kappa shape index (κ3) is 3.65. The SMILES string of the molecule is COC(C)COC1CC(C)(C)N([O])C(C)(C)C1. The van der Waals surface area contributed by atoms with Crippen molar-refractivity contribution in [1.29, 1.82) is 0 Å². The number of nitrogens with zero attached hydrogens (tertiary/aromatic N) is 1. The highest BCUT2D eigenvalue weighted by molar-refractivity contribution is 4.96. The first-order valence-electron chi connectivity index (χ1n) is 6.31. The van der Waals surface area contributed by atoms with Crippen molar-refractivity contribution in [3.63, 3.8) is 0 Å². The summed E-state index contributed by atoms with van der Waals surface area (Å²) in [6, 6.07) is 0. The van der Waals surface area contributed by atoms with E-state index in [9.17, 15) is 5.21 Å². The van der Waals surface area contributed by atoms with E-state index >= 15 is 0 Å². The van der Waals surface area contributed by atoms with Crippen LogP contribution in [0.15, 0.2) is 0 Å². The summed E-state index contributed by atoms with van der Waals surface area (Å²) in [7, 11) is 1.68. The van der Waals surface area contributed by atoms with Gasteiger partial charge >= 0.3 is 0 Å². The standard InChI is InChI=1S/C13H26NO3/c1-10(16-6)9-17-11-7-12(2,3)14(15)13(4,5)8-11/h10-11H,7-9H2,1-6H3. The van der Waals surface area contributed by atoms with Crippen LogP contribution >= 0.6 is 0 Å². The van der Waals surface area contributed by atoms with E-state index in [0.717, 1.165) is 12.8 Å². The summed E-state index contributed by atoms with van der Waals surface area (Å²) in [6.45, 7) is 10.5. The van der Waals surface area contributed by atoms with Gasteiger partial charge in [0.1, 0.15) is 0 Å². The van der Waals surface area contributed by atoms with Crippen LogP contribution < -0.4 is 0 Å². The number of hydrogen-bond acceptors (Lipinski definition) is 3. The van der Waals surface area contributed by atoms with E-state index in [4.69, 9.17) is 9.47 Å². The van der Waals surface area contributed by atoms with Crippen LogP contribution in [0.5, 0.6) is 0 Å². The Kier molecular flexibility index (Phi) is 4.58. The smallest absolute Gasteiger partial charge is 0.0776 e. The molecule has 0 N–H and O–H groups in total. The number of ether oxygens (including phenoxy) is 2. The van der Waals surface area contributed by atoms with Gasteiger partial charge in [-0.1, -0.05) is 0 Å². The molecule has 0 spiro atoms. The maximum absolute atomic E-state index is 12.1. The molecule has 1 unspecified atom stereocenters. The Balaban J connectivity index is 2.59. The molecule has 1 radical (unpaired) electrons. The predicted octanol–water partition coefficient (Wildman–Crippen LogP) is 2.41. The Morgan fingerprint density at radius 1 is 1.24 bits per heavy atom. The van der Waals surface area contributed by atoms with E-state index in [1.54, 1.807) is 7.11 Å². The maximum atomic E-state index is 12.1. The van der Waals surface area contributed by atoms with Gasteiger partial charge in [0.15, 0.2) is 0 Å². The van der Waals surface area contributed by atoms with Gasteiger partial charge in [0.05, 0.1) is 18.8 Å². The zero-order valence-corrected chi connectivity index (χ0v) is 11.9. The van der Waals surface area contributed by atoms with Gasteiger partial charge in [-0.25, -0.2) is 0 Å². The van der Waals surface area contributed by atoms with Gasteiger partial charge in [0.2, 0.25) is 0 Å². The minimum Gasteiger partial charge on any atom is -0.379 e. The van der Waals surface area contributed by atoms with Crippen LogP contribution in [0.25, 0.3) is 0 Å². The van der Waals surface area contributed by atoms with Gasteiger partial charge in [-0.15, -0.1) is 10.3 Å². The van der Waals surface area contributed by atoms with Crippen LogP contribution in [0.2, 0.25) is 0 Å². The summed E-state index contributed by atoms with van der Waals surface area (Å²) in [5.74, 6) is 0. The van der Waals surface area contributed by atoms with Gasteiger partial charge in [-0.3, -0.25) is 0 Å². The van der Waals surface area contributed by atoms with Crippen molar-refractivity contribution in [3.8, 4) is 0 Å². The molecule has 4 heteroatoms. The zero-order chi connectivity index (χ0) is 13.3. The first-order chi connectivity index (χ1) is 7.69. The molecule has 0 aromatic heterocycles. The highest BCUT2D eigenvalue weighted by Crippen LogP contribution is 2.38. The van der Waals surface area contributed by atoms with E-state index in [1.165, 1.54) is 5.06 Å². The van der Waals surface area contributed by atoms with E-state index in [1.807, 2.05) is 34.6 Å². The van der Waals surface area contributed by atoms with Crippen LogP contribution in [0.4, 0.5) is 0 Å². The second-order valence-electron chi connectivity index (χ2n) is 6.33. The fraction of sp³-hybridized carbons (Fsp3) is 1.00. The normalized spacial score (nSPS) is 27.0. The fourth-order valence-corrected chi connectivity index (χ4v) is 2.63. The predicted molar refractivity (Wildman–Crippen MR) is 66.1 cm³/mol. The second-order valence-corrected chi connectivity index (χ2v) is 6.33. The first kappa shape index (κ1) is 14.9. The molecule has 1 atom stereocenters. The van der Waals surface area contributed by atoms with Crippen LogP contribution in [0.1, 0.15) is 47.5 Å². The Hall–Kier alpha value is -0.160. The molecule has 1 rings (SSSR count). The third-order valence-electron chi connectivity index (χ3n) is 3.52. The van der Waals surface area contributed by atoms with Crippen LogP contribution in [0.3, 0.4) is 0 Å². The van der Waals surface area contributed by atoms with Crippen molar-refractivity contribution in [3.05, 3.63) is 0 Å². The average Bonchev–Trinajstić information content (AvgIpc) is 2.21. The molecule has 17 heavy (non-hydrogen) atoms. The van der Waals surface area contributed by atoms with Gasteiger partial charge < -0.3 is 9.47 Å². The lowest BCUT2D eigenvalue weighted by atomic mass is 9.80. The molecule has 101 valence electrons. The van der Waals surface area contributed by atoms with E-state index in [0.29, 0.717) is 6.61 Å². The van der Waals surface area contributed by atoms with Gasteiger partial charge in [0, 0.05) is 18.2 Å². The highest BCUT2D eigenvalue weighted by Gasteiger charge is 2.46. The summed E-state index contributed by atoms with van der Waals surface area (Å²) in [5.41, 5.74) is -0.717. The van der Waals surface area contributed by atoms with Gasteiger partial charge in [-0.05, 0) is 47.5 Å². The summed E-state index contributed by atoms with van der Waals surface area (Å²) in [5, 5.41) is 13.4. The molecule has 0 aromatic rings. The van der Waals surface area contributed by atoms with Crippen molar-refractivity contribution in [2.45, 2.75) is 70.7 Å². The van der Waals surface area contributed by atoms with E-state index < -0.39 is 0 Å². The number of piperidine rings is 1. The molecule has 4 nitrogen and oxygen atoms in total. The molecule has 0 amide bonds. The minimum atomic E-state index is -0.358. The molecule has 0 saturated carbocycles. The summed E-state index contributed by atoms with van der Waals surface area (Å²) < 4.78 is 11.0. The quantitative estimate of drug-likeness (QED) is 0.762. The topological polar surface area (TPSA) is 41.6 Å². The molecule has 1 fully saturated rings. The van der Waals surface area contributed by atoms with Crippen molar-refractivity contribution >= 4 is 0 Å². The minimum absolute atomic E-state index is 0.103. The van der Waals surface area contributed by atoms with Gasteiger partial charge in [-0.2, -0.15) is 0 Å². The van der Waals surface area contributed by atoms with Crippen molar-refractivity contribution in [1.82, 2.24) is 5.06 Å². The fourth-order valence-electron chi connectivity index (χ4n) is 2.63. The summed E-state index contributed by atoms with van der Waals surface area (Å²) in [6.07, 6.45) is 1.79. The number of hydrogen-bond donors (Lipinski definition) is 0. The molecular formula is C13H26NO3. The Labute approximate surface area is 105 Å². The van der Waals surface area contributed by atoms with Gasteiger partial charge in [0.25, 0.3) is 0 Å². The molecule has 0 bridgehead atoms. The Morgan fingerprint density at radius 2 is 1.71 bits per heavy atom. The van der Waals surface area contributed by atoms with Crippen LogP contribution in [0, 0.1) is 0 Å². The molecule has 0 aliphatic carbocycles. The molecule has 1 aliphatic rings.